The molecule has 1 unspecified atom stereocenters. The minimum absolute atomic E-state index is 0.177. The predicted molar refractivity (Wildman–Crippen MR) is 72.0 cm³/mol. The molecule has 0 saturated carbocycles. The van der Waals surface area contributed by atoms with Gasteiger partial charge in [0.05, 0.1) is 6.54 Å². The number of piperazine rings is 1. The van der Waals surface area contributed by atoms with Crippen LogP contribution < -0.4 is 5.32 Å². The molecule has 1 heterocycles. The lowest BCUT2D eigenvalue weighted by Gasteiger charge is -2.33. The highest BCUT2D eigenvalue weighted by molar-refractivity contribution is 9.10. The molecule has 1 amide bonds. The first kappa shape index (κ1) is 12.6. The van der Waals surface area contributed by atoms with Crippen molar-refractivity contribution < 1.29 is 4.79 Å². The van der Waals surface area contributed by atoms with Gasteiger partial charge in [-0.2, -0.15) is 0 Å². The van der Waals surface area contributed by atoms with E-state index in [4.69, 9.17) is 0 Å². The highest BCUT2D eigenvalue weighted by atomic mass is 79.9. The quantitative estimate of drug-likeness (QED) is 0.901. The van der Waals surface area contributed by atoms with Gasteiger partial charge in [0.1, 0.15) is 0 Å². The number of benzene rings is 1. The van der Waals surface area contributed by atoms with Crippen LogP contribution in [-0.4, -0.2) is 37.0 Å². The molecule has 92 valence electrons. The Bertz CT molecular complexity index is 433. The molecule has 1 aromatic carbocycles. The van der Waals surface area contributed by atoms with E-state index in [-0.39, 0.29) is 11.9 Å². The Morgan fingerprint density at radius 3 is 3.00 bits per heavy atom. The predicted octanol–water partition coefficient (Wildman–Crippen LogP) is 1.73. The van der Waals surface area contributed by atoms with Gasteiger partial charge < -0.3 is 10.2 Å². The number of likely N-dealkylation sites (N-methyl/N-ethyl adjacent to an activating group) is 1. The Balaban J connectivity index is 2.12. The maximum atomic E-state index is 11.6. The lowest BCUT2D eigenvalue weighted by atomic mass is 9.99. The highest BCUT2D eigenvalue weighted by Crippen LogP contribution is 2.18. The number of nitrogens with one attached hydrogen (secondary N) is 1. The van der Waals surface area contributed by atoms with Crippen LogP contribution in [0.25, 0.3) is 0 Å². The largest absolute Gasteiger partial charge is 0.340 e. The van der Waals surface area contributed by atoms with Crippen molar-refractivity contribution >= 4 is 21.8 Å². The van der Waals surface area contributed by atoms with Gasteiger partial charge in [0.25, 0.3) is 0 Å². The number of hydrogen-bond donors (Lipinski definition) is 1. The average Bonchev–Trinajstić information content (AvgIpc) is 2.28. The summed E-state index contributed by atoms with van der Waals surface area (Å²) >= 11 is 3.47. The molecule has 1 N–H and O–H groups in total. The zero-order valence-corrected chi connectivity index (χ0v) is 11.8. The van der Waals surface area contributed by atoms with E-state index in [1.165, 1.54) is 11.1 Å². The standard InChI is InChI=1S/C13H17BrN2O/c1-9-5-11(14)4-3-10(9)6-12-7-15-8-13(17)16(12)2/h3-5,12,15H,6-8H2,1-2H3. The molecular weight excluding hydrogens is 280 g/mol. The smallest absolute Gasteiger partial charge is 0.236 e. The summed E-state index contributed by atoms with van der Waals surface area (Å²) in [6.07, 6.45) is 0.911. The van der Waals surface area contributed by atoms with Crippen LogP contribution in [0.15, 0.2) is 22.7 Å². The zero-order valence-electron chi connectivity index (χ0n) is 10.2. The second-order valence-corrected chi connectivity index (χ2v) is 5.48. The van der Waals surface area contributed by atoms with Gasteiger partial charge in [-0.15, -0.1) is 0 Å². The highest BCUT2D eigenvalue weighted by Gasteiger charge is 2.24. The molecule has 0 spiro atoms. The SMILES string of the molecule is Cc1cc(Br)ccc1CC1CNCC(=O)N1C. The molecule has 1 aliphatic heterocycles. The Hall–Kier alpha value is -0.870. The van der Waals surface area contributed by atoms with Gasteiger partial charge in [-0.05, 0) is 36.6 Å². The van der Waals surface area contributed by atoms with E-state index in [0.717, 1.165) is 17.4 Å². The summed E-state index contributed by atoms with van der Waals surface area (Å²) in [5.74, 6) is 0.177. The maximum absolute atomic E-state index is 11.6. The monoisotopic (exact) mass is 296 g/mol. The second kappa shape index (κ2) is 5.19. The number of carbonyl (C=O) groups excluding carboxylic acids is 1. The summed E-state index contributed by atoms with van der Waals surface area (Å²) in [5, 5.41) is 3.17. The molecule has 0 bridgehead atoms. The number of nitrogens with zero attached hydrogens (tertiary/aromatic N) is 1. The van der Waals surface area contributed by atoms with Crippen molar-refractivity contribution in [1.29, 1.82) is 0 Å². The average molecular weight is 297 g/mol. The van der Waals surface area contributed by atoms with Gasteiger partial charge in [-0.3, -0.25) is 4.79 Å². The van der Waals surface area contributed by atoms with Crippen LogP contribution in [0, 0.1) is 6.92 Å². The normalized spacial score (nSPS) is 20.8. The third kappa shape index (κ3) is 2.87. The summed E-state index contributed by atoms with van der Waals surface area (Å²) in [4.78, 5) is 13.4. The first-order chi connectivity index (χ1) is 8.08. The topological polar surface area (TPSA) is 32.3 Å². The van der Waals surface area contributed by atoms with E-state index in [1.807, 2.05) is 11.9 Å². The first-order valence-corrected chi connectivity index (χ1v) is 6.58. The third-order valence-corrected chi connectivity index (χ3v) is 3.85. The second-order valence-electron chi connectivity index (χ2n) is 4.56. The van der Waals surface area contributed by atoms with E-state index < -0.39 is 0 Å². The number of hydrogen-bond acceptors (Lipinski definition) is 2. The van der Waals surface area contributed by atoms with Gasteiger partial charge in [0.15, 0.2) is 0 Å². The minimum Gasteiger partial charge on any atom is -0.340 e. The molecule has 1 aromatic rings. The Labute approximate surface area is 110 Å². The molecule has 1 atom stereocenters. The Morgan fingerprint density at radius 1 is 1.53 bits per heavy atom. The molecule has 1 aliphatic rings. The molecule has 1 saturated heterocycles. The van der Waals surface area contributed by atoms with Gasteiger partial charge in [-0.1, -0.05) is 22.0 Å². The van der Waals surface area contributed by atoms with E-state index >= 15 is 0 Å². The summed E-state index contributed by atoms with van der Waals surface area (Å²) in [6, 6.07) is 6.57. The summed E-state index contributed by atoms with van der Waals surface area (Å²) < 4.78 is 1.10. The van der Waals surface area contributed by atoms with Gasteiger partial charge in [-0.25, -0.2) is 0 Å². The number of halogens is 1. The van der Waals surface area contributed by atoms with E-state index in [9.17, 15) is 4.79 Å². The van der Waals surface area contributed by atoms with Crippen molar-refractivity contribution in [2.45, 2.75) is 19.4 Å². The van der Waals surface area contributed by atoms with Crippen LogP contribution in [-0.2, 0) is 11.2 Å². The van der Waals surface area contributed by atoms with E-state index in [0.29, 0.717) is 6.54 Å². The van der Waals surface area contributed by atoms with Crippen LogP contribution in [0.3, 0.4) is 0 Å². The fourth-order valence-electron chi connectivity index (χ4n) is 2.16. The molecule has 0 aliphatic carbocycles. The van der Waals surface area contributed by atoms with E-state index in [2.05, 4.69) is 46.4 Å². The van der Waals surface area contributed by atoms with Crippen LogP contribution >= 0.6 is 15.9 Å². The Kier molecular flexibility index (Phi) is 3.84. The fraction of sp³-hybridized carbons (Fsp3) is 0.462. The molecule has 0 radical (unpaired) electrons. The molecule has 1 fully saturated rings. The third-order valence-electron chi connectivity index (χ3n) is 3.36. The number of amides is 1. The summed E-state index contributed by atoms with van der Waals surface area (Å²) in [5.41, 5.74) is 2.58. The Morgan fingerprint density at radius 2 is 2.29 bits per heavy atom. The van der Waals surface area contributed by atoms with Gasteiger partial charge in [0, 0.05) is 24.1 Å². The van der Waals surface area contributed by atoms with E-state index in [1.54, 1.807) is 0 Å². The molecular formula is C13H17BrN2O. The molecule has 17 heavy (non-hydrogen) atoms. The summed E-state index contributed by atoms with van der Waals surface area (Å²) in [7, 11) is 1.89. The van der Waals surface area contributed by atoms with Crippen molar-refractivity contribution in [3.63, 3.8) is 0 Å². The lowest BCUT2D eigenvalue weighted by Crippen LogP contribution is -2.53. The van der Waals surface area contributed by atoms with Crippen LogP contribution in [0.5, 0.6) is 0 Å². The van der Waals surface area contributed by atoms with Crippen molar-refractivity contribution in [3.05, 3.63) is 33.8 Å². The van der Waals surface area contributed by atoms with Crippen LogP contribution in [0.4, 0.5) is 0 Å². The molecule has 4 heteroatoms. The lowest BCUT2D eigenvalue weighted by molar-refractivity contribution is -0.133. The van der Waals surface area contributed by atoms with Crippen molar-refractivity contribution in [1.82, 2.24) is 10.2 Å². The van der Waals surface area contributed by atoms with Crippen molar-refractivity contribution in [2.24, 2.45) is 0 Å². The van der Waals surface area contributed by atoms with Crippen molar-refractivity contribution in [3.8, 4) is 0 Å². The number of rotatable bonds is 2. The molecule has 0 aromatic heterocycles. The molecule has 2 rings (SSSR count). The first-order valence-electron chi connectivity index (χ1n) is 5.79. The van der Waals surface area contributed by atoms with Crippen LogP contribution in [0.2, 0.25) is 0 Å². The molecule has 3 nitrogen and oxygen atoms in total. The number of carbonyl (C=O) groups is 1. The van der Waals surface area contributed by atoms with Gasteiger partial charge >= 0.3 is 0 Å². The van der Waals surface area contributed by atoms with Gasteiger partial charge in [0.2, 0.25) is 5.91 Å². The maximum Gasteiger partial charge on any atom is 0.236 e. The number of aryl methyl sites for hydroxylation is 1. The van der Waals surface area contributed by atoms with Crippen molar-refractivity contribution in [2.75, 3.05) is 20.1 Å². The minimum atomic E-state index is 0.177. The van der Waals surface area contributed by atoms with Crippen LogP contribution in [0.1, 0.15) is 11.1 Å². The summed E-state index contributed by atoms with van der Waals surface area (Å²) in [6.45, 7) is 3.45. The fourth-order valence-corrected chi connectivity index (χ4v) is 2.64. The zero-order chi connectivity index (χ0) is 12.4.